The normalized spacial score (nSPS) is 11.6. The molecule has 144 valence electrons. The second-order valence-corrected chi connectivity index (χ2v) is 6.94. The summed E-state index contributed by atoms with van der Waals surface area (Å²) in [5, 5.41) is 16.5. The summed E-state index contributed by atoms with van der Waals surface area (Å²) in [7, 11) is 0. The van der Waals surface area contributed by atoms with Gasteiger partial charge in [0, 0.05) is 16.6 Å². The maximum Gasteiger partial charge on any atom is 0.257 e. The van der Waals surface area contributed by atoms with Crippen LogP contribution in [0, 0.1) is 11.3 Å². The lowest BCUT2D eigenvalue weighted by Crippen LogP contribution is -2.15. The van der Waals surface area contributed by atoms with Crippen molar-refractivity contribution in [2.75, 3.05) is 17.4 Å². The fourth-order valence-electron chi connectivity index (χ4n) is 2.69. The summed E-state index contributed by atoms with van der Waals surface area (Å²) in [6.07, 6.45) is 0.0488. The number of rotatable bonds is 5. The Morgan fingerprint density at radius 1 is 1.14 bits per heavy atom. The summed E-state index contributed by atoms with van der Waals surface area (Å²) >= 11 is 1.23. The summed E-state index contributed by atoms with van der Waals surface area (Å²) in [6, 6.07) is 13.6. The topological polar surface area (TPSA) is 113 Å². The molecule has 1 aromatic heterocycles. The van der Waals surface area contributed by atoms with Crippen LogP contribution in [-0.2, 0) is 11.2 Å². The van der Waals surface area contributed by atoms with Crippen molar-refractivity contribution in [1.82, 2.24) is 4.98 Å². The van der Waals surface area contributed by atoms with Gasteiger partial charge in [-0.1, -0.05) is 6.07 Å². The van der Waals surface area contributed by atoms with Crippen LogP contribution >= 0.6 is 11.3 Å². The monoisotopic (exact) mass is 406 g/mol. The second-order valence-electron chi connectivity index (χ2n) is 6.08. The molecule has 0 atom stereocenters. The maximum absolute atomic E-state index is 12.4. The number of thiazole rings is 1. The lowest BCUT2D eigenvalue weighted by molar-refractivity contribution is -0.115. The lowest BCUT2D eigenvalue weighted by Gasteiger charge is -2.04. The average Bonchev–Trinajstić information content (AvgIpc) is 3.36. The molecule has 0 radical (unpaired) electrons. The Bertz CT molecular complexity index is 1140. The van der Waals surface area contributed by atoms with E-state index in [0.717, 1.165) is 0 Å². The molecule has 3 aromatic rings. The number of anilines is 2. The minimum absolute atomic E-state index is 0.0488. The first-order chi connectivity index (χ1) is 14.1. The number of benzene rings is 2. The van der Waals surface area contributed by atoms with Crippen LogP contribution in [0.1, 0.15) is 21.6 Å². The van der Waals surface area contributed by atoms with Crippen LogP contribution in [0.15, 0.2) is 47.8 Å². The molecule has 0 saturated heterocycles. The smallest absolute Gasteiger partial charge is 0.257 e. The van der Waals surface area contributed by atoms with Gasteiger partial charge in [-0.3, -0.25) is 14.9 Å². The summed E-state index contributed by atoms with van der Waals surface area (Å²) in [5.41, 5.74) is 1.96. The Morgan fingerprint density at radius 3 is 2.86 bits per heavy atom. The van der Waals surface area contributed by atoms with Crippen molar-refractivity contribution in [3.8, 4) is 17.6 Å². The first-order valence-electron chi connectivity index (χ1n) is 8.56. The van der Waals surface area contributed by atoms with Gasteiger partial charge in [-0.2, -0.15) is 5.26 Å². The molecule has 4 rings (SSSR count). The van der Waals surface area contributed by atoms with Crippen LogP contribution in [-0.4, -0.2) is 23.6 Å². The molecule has 0 unspecified atom stereocenters. The number of amides is 2. The number of nitrogens with zero attached hydrogens (tertiary/aromatic N) is 2. The number of aromatic nitrogens is 1. The Labute approximate surface area is 169 Å². The van der Waals surface area contributed by atoms with Gasteiger partial charge in [0.1, 0.15) is 0 Å². The van der Waals surface area contributed by atoms with E-state index >= 15 is 0 Å². The molecule has 0 bridgehead atoms. The molecule has 0 saturated carbocycles. The molecule has 2 aromatic carbocycles. The van der Waals surface area contributed by atoms with Crippen LogP contribution in [0.4, 0.5) is 10.8 Å². The SMILES string of the molecule is N#Cc1cccc(NC(=O)Cc2csc(NC(=O)c3ccc4c(c3)OCO4)n2)c1. The van der Waals surface area contributed by atoms with Gasteiger partial charge in [0.05, 0.1) is 23.7 Å². The van der Waals surface area contributed by atoms with Crippen molar-refractivity contribution in [2.45, 2.75) is 6.42 Å². The van der Waals surface area contributed by atoms with Crippen molar-refractivity contribution < 1.29 is 19.1 Å². The predicted molar refractivity (Wildman–Crippen MR) is 106 cm³/mol. The second kappa shape index (κ2) is 8.00. The first kappa shape index (κ1) is 18.5. The molecule has 2 heterocycles. The molecular weight excluding hydrogens is 392 g/mol. The molecule has 2 amide bonds. The van der Waals surface area contributed by atoms with E-state index in [1.807, 2.05) is 6.07 Å². The van der Waals surface area contributed by atoms with Gasteiger partial charge in [0.15, 0.2) is 16.6 Å². The van der Waals surface area contributed by atoms with Crippen molar-refractivity contribution in [1.29, 1.82) is 5.26 Å². The van der Waals surface area contributed by atoms with E-state index in [1.54, 1.807) is 47.8 Å². The standard InChI is InChI=1S/C20H14N4O4S/c21-9-12-2-1-3-14(6-12)22-18(25)8-15-10-29-20(23-15)24-19(26)13-4-5-16-17(7-13)28-11-27-16/h1-7,10H,8,11H2,(H,22,25)(H,23,24,26). The molecule has 0 spiro atoms. The molecule has 1 aliphatic rings. The van der Waals surface area contributed by atoms with Crippen molar-refractivity contribution >= 4 is 34.0 Å². The van der Waals surface area contributed by atoms with Gasteiger partial charge in [0.25, 0.3) is 5.91 Å². The molecule has 1 aliphatic heterocycles. The third-order valence-corrected chi connectivity index (χ3v) is 4.83. The Kier molecular flexibility index (Phi) is 5.09. The molecule has 0 fully saturated rings. The summed E-state index contributed by atoms with van der Waals surface area (Å²) in [4.78, 5) is 28.9. The highest BCUT2D eigenvalue weighted by molar-refractivity contribution is 7.14. The Balaban J connectivity index is 1.36. The molecular formula is C20H14N4O4S. The quantitative estimate of drug-likeness (QED) is 0.673. The van der Waals surface area contributed by atoms with E-state index in [0.29, 0.717) is 39.1 Å². The van der Waals surface area contributed by atoms with Crippen LogP contribution in [0.25, 0.3) is 0 Å². The summed E-state index contributed by atoms with van der Waals surface area (Å²) in [6.45, 7) is 0.138. The zero-order chi connectivity index (χ0) is 20.2. The van der Waals surface area contributed by atoms with Gasteiger partial charge in [-0.15, -0.1) is 11.3 Å². The fourth-order valence-corrected chi connectivity index (χ4v) is 3.39. The minimum Gasteiger partial charge on any atom is -0.454 e. The summed E-state index contributed by atoms with van der Waals surface area (Å²) in [5.74, 6) is 0.528. The average molecular weight is 406 g/mol. The number of carbonyl (C=O) groups is 2. The lowest BCUT2D eigenvalue weighted by atomic mass is 10.2. The largest absolute Gasteiger partial charge is 0.454 e. The number of hydrogen-bond donors (Lipinski definition) is 2. The van der Waals surface area contributed by atoms with Crippen LogP contribution < -0.4 is 20.1 Å². The number of carbonyl (C=O) groups excluding carboxylic acids is 2. The fraction of sp³-hybridized carbons (Fsp3) is 0.100. The number of nitrogens with one attached hydrogen (secondary N) is 2. The van der Waals surface area contributed by atoms with E-state index in [-0.39, 0.29) is 25.0 Å². The molecule has 9 heteroatoms. The van der Waals surface area contributed by atoms with E-state index in [4.69, 9.17) is 14.7 Å². The first-order valence-corrected chi connectivity index (χ1v) is 9.44. The van der Waals surface area contributed by atoms with E-state index in [9.17, 15) is 9.59 Å². The van der Waals surface area contributed by atoms with Crippen LogP contribution in [0.3, 0.4) is 0 Å². The number of fused-ring (bicyclic) bond motifs is 1. The number of ether oxygens (including phenoxy) is 2. The maximum atomic E-state index is 12.4. The van der Waals surface area contributed by atoms with Gasteiger partial charge < -0.3 is 14.8 Å². The van der Waals surface area contributed by atoms with Gasteiger partial charge in [-0.05, 0) is 36.4 Å². The third-order valence-electron chi connectivity index (χ3n) is 4.02. The Morgan fingerprint density at radius 2 is 2.00 bits per heavy atom. The van der Waals surface area contributed by atoms with E-state index in [1.165, 1.54) is 11.3 Å². The third kappa shape index (κ3) is 4.34. The van der Waals surface area contributed by atoms with Crippen LogP contribution in [0.5, 0.6) is 11.5 Å². The van der Waals surface area contributed by atoms with Crippen LogP contribution in [0.2, 0.25) is 0 Å². The van der Waals surface area contributed by atoms with Gasteiger partial charge in [0.2, 0.25) is 12.7 Å². The number of nitriles is 1. The van der Waals surface area contributed by atoms with E-state index < -0.39 is 0 Å². The highest BCUT2D eigenvalue weighted by atomic mass is 32.1. The van der Waals surface area contributed by atoms with Crippen molar-refractivity contribution in [3.05, 3.63) is 64.7 Å². The van der Waals surface area contributed by atoms with Crippen molar-refractivity contribution in [3.63, 3.8) is 0 Å². The molecule has 0 aliphatic carbocycles. The van der Waals surface area contributed by atoms with E-state index in [2.05, 4.69) is 15.6 Å². The molecule has 29 heavy (non-hydrogen) atoms. The highest BCUT2D eigenvalue weighted by Crippen LogP contribution is 2.32. The highest BCUT2D eigenvalue weighted by Gasteiger charge is 2.17. The molecule has 2 N–H and O–H groups in total. The van der Waals surface area contributed by atoms with Gasteiger partial charge >= 0.3 is 0 Å². The van der Waals surface area contributed by atoms with Crippen molar-refractivity contribution in [2.24, 2.45) is 0 Å². The molecule has 8 nitrogen and oxygen atoms in total. The number of hydrogen-bond acceptors (Lipinski definition) is 7. The van der Waals surface area contributed by atoms with Gasteiger partial charge in [-0.25, -0.2) is 4.98 Å². The summed E-state index contributed by atoms with van der Waals surface area (Å²) < 4.78 is 10.5. The Hall–Kier alpha value is -3.90. The zero-order valence-corrected chi connectivity index (χ0v) is 15.8. The minimum atomic E-state index is -0.332. The predicted octanol–water partition coefficient (Wildman–Crippen LogP) is 3.18. The zero-order valence-electron chi connectivity index (χ0n) is 15.0.